The molecule has 0 aromatic rings. The van der Waals surface area contributed by atoms with E-state index in [-0.39, 0.29) is 18.5 Å². The van der Waals surface area contributed by atoms with Gasteiger partial charge in [0.1, 0.15) is 0 Å². The Hall–Kier alpha value is -1.40. The lowest BCUT2D eigenvalue weighted by Crippen LogP contribution is -2.45. The van der Waals surface area contributed by atoms with Crippen molar-refractivity contribution >= 4 is 11.9 Å². The summed E-state index contributed by atoms with van der Waals surface area (Å²) in [5.41, 5.74) is 0. The van der Waals surface area contributed by atoms with Crippen LogP contribution in [0.4, 0.5) is 0 Å². The van der Waals surface area contributed by atoms with Crippen molar-refractivity contribution in [2.24, 2.45) is 0 Å². The van der Waals surface area contributed by atoms with E-state index in [2.05, 4.69) is 19.2 Å². The fraction of sp³-hybridized carbons (Fsp3) is 0.932. The summed E-state index contributed by atoms with van der Waals surface area (Å²) in [5, 5.41) is 23.0. The van der Waals surface area contributed by atoms with Crippen LogP contribution in [-0.2, 0) is 14.3 Å². The fourth-order valence-electron chi connectivity index (χ4n) is 9.28. The topological polar surface area (TPSA) is 95.9 Å². The molecule has 386 valence electrons. The second kappa shape index (κ2) is 55.2. The maximum atomic E-state index is 12.4. The number of ether oxygens (including phenoxy) is 1. The van der Waals surface area contributed by atoms with E-state index < -0.39 is 12.1 Å². The molecule has 6 nitrogen and oxygen atoms in total. The normalized spacial score (nSPS) is 12.6. The Labute approximate surface area is 406 Å². The summed E-state index contributed by atoms with van der Waals surface area (Å²) >= 11 is 0. The summed E-state index contributed by atoms with van der Waals surface area (Å²) in [5.74, 6) is -0.0493. The number of carbonyl (C=O) groups excluding carboxylic acids is 2. The van der Waals surface area contributed by atoms with Gasteiger partial charge in [-0.3, -0.25) is 9.59 Å². The molecule has 2 atom stereocenters. The van der Waals surface area contributed by atoms with Crippen LogP contribution >= 0.6 is 0 Å². The van der Waals surface area contributed by atoms with Gasteiger partial charge in [0.2, 0.25) is 5.91 Å². The molecule has 0 radical (unpaired) electrons. The van der Waals surface area contributed by atoms with E-state index in [1.54, 1.807) is 6.08 Å². The molecule has 0 aliphatic heterocycles. The Morgan fingerprint density at radius 3 is 1.05 bits per heavy atom. The number of allylic oxidation sites excluding steroid dienone is 1. The lowest BCUT2D eigenvalue weighted by Gasteiger charge is -2.20. The van der Waals surface area contributed by atoms with Crippen LogP contribution in [0.15, 0.2) is 12.2 Å². The lowest BCUT2D eigenvalue weighted by atomic mass is 10.0. The summed E-state index contributed by atoms with van der Waals surface area (Å²) in [4.78, 5) is 24.4. The van der Waals surface area contributed by atoms with Crippen molar-refractivity contribution < 1.29 is 24.5 Å². The molecule has 0 bridgehead atoms. The number of aliphatic hydroxyl groups excluding tert-OH is 2. The van der Waals surface area contributed by atoms with E-state index in [9.17, 15) is 19.8 Å². The van der Waals surface area contributed by atoms with E-state index in [1.807, 2.05) is 6.08 Å². The molecule has 0 aliphatic rings. The van der Waals surface area contributed by atoms with Gasteiger partial charge in [-0.25, -0.2) is 0 Å². The third-order valence-corrected chi connectivity index (χ3v) is 13.8. The van der Waals surface area contributed by atoms with Gasteiger partial charge in [-0.15, -0.1) is 0 Å². The summed E-state index contributed by atoms with van der Waals surface area (Å²) in [7, 11) is 0. The first-order chi connectivity index (χ1) is 32.0. The second-order valence-corrected chi connectivity index (χ2v) is 20.3. The number of amides is 1. The van der Waals surface area contributed by atoms with Gasteiger partial charge in [-0.1, -0.05) is 296 Å². The highest BCUT2D eigenvalue weighted by molar-refractivity contribution is 5.76. The van der Waals surface area contributed by atoms with Crippen molar-refractivity contribution in [1.82, 2.24) is 5.32 Å². The molecular formula is C59H115NO5. The minimum atomic E-state index is -0.840. The smallest absolute Gasteiger partial charge is 0.305 e. The van der Waals surface area contributed by atoms with Crippen LogP contribution in [0.5, 0.6) is 0 Å². The third-order valence-electron chi connectivity index (χ3n) is 13.8. The van der Waals surface area contributed by atoms with Crippen LogP contribution < -0.4 is 5.32 Å². The fourth-order valence-corrected chi connectivity index (χ4v) is 9.28. The summed E-state index contributed by atoms with van der Waals surface area (Å²) in [6.07, 6.45) is 65.4. The van der Waals surface area contributed by atoms with Crippen molar-refractivity contribution in [3.05, 3.63) is 12.2 Å². The quantitative estimate of drug-likeness (QED) is 0.0321. The number of hydrogen-bond donors (Lipinski definition) is 3. The molecule has 0 aromatic heterocycles. The number of hydrogen-bond acceptors (Lipinski definition) is 5. The van der Waals surface area contributed by atoms with Crippen LogP contribution in [0.1, 0.15) is 328 Å². The molecule has 2 unspecified atom stereocenters. The van der Waals surface area contributed by atoms with E-state index in [0.717, 1.165) is 38.5 Å². The van der Waals surface area contributed by atoms with E-state index >= 15 is 0 Å². The van der Waals surface area contributed by atoms with Gasteiger partial charge < -0.3 is 20.3 Å². The van der Waals surface area contributed by atoms with Gasteiger partial charge in [-0.2, -0.15) is 0 Å². The van der Waals surface area contributed by atoms with Crippen LogP contribution in [0, 0.1) is 0 Å². The largest absolute Gasteiger partial charge is 0.466 e. The van der Waals surface area contributed by atoms with E-state index in [1.165, 1.54) is 263 Å². The molecular weight excluding hydrogens is 803 g/mol. The van der Waals surface area contributed by atoms with Crippen LogP contribution in [0.2, 0.25) is 0 Å². The van der Waals surface area contributed by atoms with Crippen molar-refractivity contribution in [3.63, 3.8) is 0 Å². The Morgan fingerprint density at radius 1 is 0.415 bits per heavy atom. The van der Waals surface area contributed by atoms with Gasteiger partial charge in [0, 0.05) is 12.8 Å². The van der Waals surface area contributed by atoms with Gasteiger partial charge >= 0.3 is 5.97 Å². The molecule has 65 heavy (non-hydrogen) atoms. The molecule has 0 aromatic carbocycles. The number of nitrogens with one attached hydrogen (secondary N) is 1. The standard InChI is InChI=1S/C59H115NO5/c1-3-5-7-9-11-13-15-29-33-37-41-45-49-53-59(64)65-54-50-46-42-38-34-31-28-26-24-22-20-18-16-17-19-21-23-25-27-30-32-36-40-44-48-52-58(63)60-56(55-61)57(62)51-47-43-39-35-14-12-10-8-6-4-2/h47,51,56-57,61-62H,3-46,48-50,52-55H2,1-2H3,(H,60,63)/b51-47+. The van der Waals surface area contributed by atoms with Gasteiger partial charge in [0.05, 0.1) is 25.4 Å². The molecule has 6 heteroatoms. The number of aliphatic hydroxyl groups is 2. The molecule has 0 heterocycles. The molecule has 3 N–H and O–H groups in total. The Balaban J connectivity index is 3.34. The second-order valence-electron chi connectivity index (χ2n) is 20.3. The zero-order valence-corrected chi connectivity index (χ0v) is 44.0. The number of unbranched alkanes of at least 4 members (excludes halogenated alkanes) is 44. The lowest BCUT2D eigenvalue weighted by molar-refractivity contribution is -0.143. The van der Waals surface area contributed by atoms with Crippen LogP contribution in [-0.4, -0.2) is 47.4 Å². The Kier molecular flexibility index (Phi) is 54.0. The maximum Gasteiger partial charge on any atom is 0.305 e. The predicted molar refractivity (Wildman–Crippen MR) is 283 cm³/mol. The van der Waals surface area contributed by atoms with Crippen LogP contribution in [0.3, 0.4) is 0 Å². The van der Waals surface area contributed by atoms with Gasteiger partial charge in [0.15, 0.2) is 0 Å². The van der Waals surface area contributed by atoms with Gasteiger partial charge in [0.25, 0.3) is 0 Å². The molecule has 0 spiro atoms. The molecule has 0 fully saturated rings. The molecule has 0 saturated heterocycles. The number of carbonyl (C=O) groups is 2. The minimum Gasteiger partial charge on any atom is -0.466 e. The van der Waals surface area contributed by atoms with Crippen LogP contribution in [0.25, 0.3) is 0 Å². The van der Waals surface area contributed by atoms with Crippen molar-refractivity contribution in [2.75, 3.05) is 13.2 Å². The Morgan fingerprint density at radius 2 is 0.708 bits per heavy atom. The zero-order chi connectivity index (χ0) is 47.2. The first kappa shape index (κ1) is 63.6. The first-order valence-electron chi connectivity index (χ1n) is 29.5. The SMILES string of the molecule is CCCCCCCCCC/C=C/C(O)C(CO)NC(=O)CCCCCCCCCCCCCCCCCCCCCCCCCCCOC(=O)CCCCCCCCCCCCCCC. The van der Waals surface area contributed by atoms with Crippen molar-refractivity contribution in [1.29, 1.82) is 0 Å². The highest BCUT2D eigenvalue weighted by Gasteiger charge is 2.18. The molecule has 0 aliphatic carbocycles. The van der Waals surface area contributed by atoms with Gasteiger partial charge in [-0.05, 0) is 32.1 Å². The zero-order valence-electron chi connectivity index (χ0n) is 44.0. The summed E-state index contributed by atoms with van der Waals surface area (Å²) in [6, 6.07) is -0.623. The average Bonchev–Trinajstić information content (AvgIpc) is 3.31. The average molecular weight is 919 g/mol. The molecule has 0 rings (SSSR count). The summed E-state index contributed by atoms with van der Waals surface area (Å²) < 4.78 is 5.48. The van der Waals surface area contributed by atoms with Crippen molar-refractivity contribution in [2.45, 2.75) is 341 Å². The predicted octanol–water partition coefficient (Wildman–Crippen LogP) is 18.1. The highest BCUT2D eigenvalue weighted by Crippen LogP contribution is 2.18. The van der Waals surface area contributed by atoms with E-state index in [0.29, 0.717) is 19.4 Å². The maximum absolute atomic E-state index is 12.4. The Bertz CT molecular complexity index is 970. The minimum absolute atomic E-state index is 0.0177. The van der Waals surface area contributed by atoms with Crippen molar-refractivity contribution in [3.8, 4) is 0 Å². The molecule has 0 saturated carbocycles. The number of rotatable bonds is 55. The monoisotopic (exact) mass is 918 g/mol. The molecule has 1 amide bonds. The third kappa shape index (κ3) is 51.8. The first-order valence-corrected chi connectivity index (χ1v) is 29.5. The highest BCUT2D eigenvalue weighted by atomic mass is 16.5. The van der Waals surface area contributed by atoms with E-state index in [4.69, 9.17) is 4.74 Å². The summed E-state index contributed by atoms with van der Waals surface area (Å²) in [6.45, 7) is 4.90. The number of esters is 1.